The molecule has 0 spiro atoms. The van der Waals surface area contributed by atoms with E-state index in [-0.39, 0.29) is 17.1 Å². The number of aromatic nitrogens is 2. The molecule has 2 rings (SSSR count). The van der Waals surface area contributed by atoms with Crippen LogP contribution in [0.4, 0.5) is 10.5 Å². The van der Waals surface area contributed by atoms with Crippen LogP contribution in [-0.4, -0.2) is 15.2 Å². The fourth-order valence-corrected chi connectivity index (χ4v) is 2.30. The molecule has 0 aliphatic heterocycles. The SMILES string of the molecule is CC(C)(C)n1ccn(C(C)(C)C)c1=NC(=O)Nc1ccccc1. The van der Waals surface area contributed by atoms with Crippen molar-refractivity contribution in [2.24, 2.45) is 4.99 Å². The number of benzene rings is 1. The van der Waals surface area contributed by atoms with Crippen LogP contribution in [0.3, 0.4) is 0 Å². The molecule has 2 amide bonds. The monoisotopic (exact) mass is 314 g/mol. The van der Waals surface area contributed by atoms with Gasteiger partial charge in [0.2, 0.25) is 5.62 Å². The molecule has 0 saturated heterocycles. The van der Waals surface area contributed by atoms with Gasteiger partial charge in [-0.1, -0.05) is 18.2 Å². The summed E-state index contributed by atoms with van der Waals surface area (Å²) in [6, 6.07) is 8.97. The number of hydrogen-bond acceptors (Lipinski definition) is 1. The molecular weight excluding hydrogens is 288 g/mol. The van der Waals surface area contributed by atoms with Gasteiger partial charge >= 0.3 is 6.03 Å². The van der Waals surface area contributed by atoms with Crippen LogP contribution in [0.5, 0.6) is 0 Å². The van der Waals surface area contributed by atoms with Crippen molar-refractivity contribution in [3.05, 3.63) is 48.3 Å². The van der Waals surface area contributed by atoms with E-state index in [0.29, 0.717) is 5.62 Å². The molecule has 124 valence electrons. The van der Waals surface area contributed by atoms with Crippen LogP contribution in [0, 0.1) is 0 Å². The zero-order valence-corrected chi connectivity index (χ0v) is 14.8. The van der Waals surface area contributed by atoms with Crippen LogP contribution in [0.25, 0.3) is 0 Å². The van der Waals surface area contributed by atoms with Crippen LogP contribution >= 0.6 is 0 Å². The van der Waals surface area contributed by atoms with Gasteiger partial charge in [-0.05, 0) is 53.7 Å². The molecule has 1 heterocycles. The van der Waals surface area contributed by atoms with Crippen LogP contribution < -0.4 is 10.9 Å². The number of amides is 2. The Bertz CT molecular complexity index is 705. The summed E-state index contributed by atoms with van der Waals surface area (Å²) in [6.07, 6.45) is 3.94. The smallest absolute Gasteiger partial charge is 0.312 e. The Labute approximate surface area is 137 Å². The average molecular weight is 314 g/mol. The third-order valence-electron chi connectivity index (χ3n) is 3.47. The normalized spacial score (nSPS) is 12.1. The molecule has 0 saturated carbocycles. The minimum absolute atomic E-state index is 0.164. The van der Waals surface area contributed by atoms with Crippen LogP contribution in [0.15, 0.2) is 47.7 Å². The van der Waals surface area contributed by atoms with E-state index in [4.69, 9.17) is 0 Å². The van der Waals surface area contributed by atoms with E-state index in [9.17, 15) is 4.79 Å². The van der Waals surface area contributed by atoms with Crippen molar-refractivity contribution in [2.75, 3.05) is 5.32 Å². The zero-order valence-electron chi connectivity index (χ0n) is 14.8. The summed E-state index contributed by atoms with van der Waals surface area (Å²) in [6.45, 7) is 12.5. The first-order valence-corrected chi connectivity index (χ1v) is 7.81. The molecule has 5 nitrogen and oxygen atoms in total. The number of nitrogens with one attached hydrogen (secondary N) is 1. The Balaban J connectivity index is 2.47. The largest absolute Gasteiger partial charge is 0.348 e. The Kier molecular flexibility index (Phi) is 4.50. The fraction of sp³-hybridized carbons (Fsp3) is 0.444. The molecule has 0 bridgehead atoms. The molecule has 0 unspecified atom stereocenters. The highest BCUT2D eigenvalue weighted by molar-refractivity contribution is 5.89. The molecule has 0 aliphatic carbocycles. The van der Waals surface area contributed by atoms with Crippen molar-refractivity contribution in [1.82, 2.24) is 9.13 Å². The quantitative estimate of drug-likeness (QED) is 0.852. The molecule has 1 aromatic heterocycles. The fourth-order valence-electron chi connectivity index (χ4n) is 2.30. The van der Waals surface area contributed by atoms with Crippen LogP contribution in [0.2, 0.25) is 0 Å². The summed E-state index contributed by atoms with van der Waals surface area (Å²) in [5.74, 6) is 0. The van der Waals surface area contributed by atoms with Crippen molar-refractivity contribution in [3.8, 4) is 0 Å². The molecule has 5 heteroatoms. The van der Waals surface area contributed by atoms with Gasteiger partial charge in [0, 0.05) is 29.2 Å². The molecule has 23 heavy (non-hydrogen) atoms. The molecule has 0 atom stereocenters. The molecule has 1 aromatic carbocycles. The second-order valence-electron chi connectivity index (χ2n) is 7.59. The van der Waals surface area contributed by atoms with E-state index < -0.39 is 0 Å². The van der Waals surface area contributed by atoms with Gasteiger partial charge in [-0.2, -0.15) is 4.99 Å². The number of nitrogens with zero attached hydrogens (tertiary/aromatic N) is 3. The summed E-state index contributed by atoms with van der Waals surface area (Å²) >= 11 is 0. The molecule has 1 N–H and O–H groups in total. The maximum Gasteiger partial charge on any atom is 0.348 e. The van der Waals surface area contributed by atoms with Gasteiger partial charge in [0.25, 0.3) is 0 Å². The molecule has 2 aromatic rings. The van der Waals surface area contributed by atoms with Crippen LogP contribution in [-0.2, 0) is 11.1 Å². The van der Waals surface area contributed by atoms with Crippen molar-refractivity contribution < 1.29 is 4.79 Å². The lowest BCUT2D eigenvalue weighted by atomic mass is 10.1. The molecule has 0 aliphatic rings. The Morgan fingerprint density at radius 3 is 1.83 bits per heavy atom. The number of anilines is 1. The first kappa shape index (κ1) is 17.1. The van der Waals surface area contributed by atoms with Crippen molar-refractivity contribution >= 4 is 11.7 Å². The summed E-state index contributed by atoms with van der Waals surface area (Å²) in [5.41, 5.74) is 1.04. The highest BCUT2D eigenvalue weighted by Gasteiger charge is 2.21. The maximum atomic E-state index is 12.3. The highest BCUT2D eigenvalue weighted by atomic mass is 16.2. The number of para-hydroxylation sites is 1. The molecular formula is C18H26N4O. The predicted molar refractivity (Wildman–Crippen MR) is 93.4 cm³/mol. The third kappa shape index (κ3) is 4.12. The second-order valence-corrected chi connectivity index (χ2v) is 7.59. The van der Waals surface area contributed by atoms with E-state index >= 15 is 0 Å². The van der Waals surface area contributed by atoms with Crippen molar-refractivity contribution in [2.45, 2.75) is 52.6 Å². The number of carbonyl (C=O) groups excluding carboxylic acids is 1. The van der Waals surface area contributed by atoms with Gasteiger partial charge in [-0.3, -0.25) is 0 Å². The minimum atomic E-state index is -0.376. The summed E-state index contributed by atoms with van der Waals surface area (Å²) in [4.78, 5) is 16.7. The topological polar surface area (TPSA) is 51.3 Å². The number of urea groups is 1. The number of rotatable bonds is 1. The summed E-state index contributed by atoms with van der Waals surface area (Å²) in [7, 11) is 0. The Morgan fingerprint density at radius 1 is 0.913 bits per heavy atom. The average Bonchev–Trinajstić information content (AvgIpc) is 2.83. The van der Waals surface area contributed by atoms with Gasteiger partial charge in [0.05, 0.1) is 0 Å². The standard InChI is InChI=1S/C18H26N4O/c1-17(2,3)21-12-13-22(18(4,5)6)16(21)20-15(23)19-14-10-8-7-9-11-14/h7-13H,1-6H3,(H,19,23). The van der Waals surface area contributed by atoms with Crippen molar-refractivity contribution in [1.29, 1.82) is 0 Å². The Morgan fingerprint density at radius 2 is 1.39 bits per heavy atom. The lowest BCUT2D eigenvalue weighted by Crippen LogP contribution is -2.41. The maximum absolute atomic E-state index is 12.3. The van der Waals surface area contributed by atoms with Gasteiger partial charge in [-0.25, -0.2) is 4.79 Å². The first-order valence-electron chi connectivity index (χ1n) is 7.81. The van der Waals surface area contributed by atoms with E-state index in [0.717, 1.165) is 5.69 Å². The lowest BCUT2D eigenvalue weighted by molar-refractivity contribution is 0.257. The van der Waals surface area contributed by atoms with E-state index in [1.165, 1.54) is 0 Å². The Hall–Kier alpha value is -2.30. The van der Waals surface area contributed by atoms with Gasteiger partial charge in [0.15, 0.2) is 0 Å². The molecule has 0 fully saturated rings. The number of carbonyl (C=O) groups is 1. The number of imidazole rings is 1. The first-order chi connectivity index (χ1) is 10.6. The van der Waals surface area contributed by atoms with E-state index in [1.807, 2.05) is 51.9 Å². The van der Waals surface area contributed by atoms with E-state index in [1.54, 1.807) is 0 Å². The van der Waals surface area contributed by atoms with E-state index in [2.05, 4.69) is 51.9 Å². The van der Waals surface area contributed by atoms with Gasteiger partial charge in [0.1, 0.15) is 0 Å². The zero-order chi connectivity index (χ0) is 17.3. The third-order valence-corrected chi connectivity index (χ3v) is 3.47. The lowest BCUT2D eigenvalue weighted by Gasteiger charge is -2.24. The van der Waals surface area contributed by atoms with Gasteiger partial charge in [-0.15, -0.1) is 0 Å². The predicted octanol–water partition coefficient (Wildman–Crippen LogP) is 3.93. The summed E-state index contributed by atoms with van der Waals surface area (Å²) in [5, 5.41) is 2.81. The van der Waals surface area contributed by atoms with Crippen LogP contribution in [0.1, 0.15) is 41.5 Å². The van der Waals surface area contributed by atoms with Gasteiger partial charge < -0.3 is 14.5 Å². The number of hydrogen-bond donors (Lipinski definition) is 1. The highest BCUT2D eigenvalue weighted by Crippen LogP contribution is 2.15. The van der Waals surface area contributed by atoms with Crippen molar-refractivity contribution in [3.63, 3.8) is 0 Å². The minimum Gasteiger partial charge on any atom is -0.312 e. The summed E-state index contributed by atoms with van der Waals surface area (Å²) < 4.78 is 4.03. The second kappa shape index (κ2) is 6.07. The molecule has 0 radical (unpaired) electrons.